The van der Waals surface area contributed by atoms with E-state index in [2.05, 4.69) is 22.0 Å². The van der Waals surface area contributed by atoms with E-state index < -0.39 is 0 Å². The fraction of sp³-hybridized carbons (Fsp3) is 0.391. The van der Waals surface area contributed by atoms with E-state index in [9.17, 15) is 4.79 Å². The molecule has 0 amide bonds. The number of benzene rings is 1. The molecule has 32 heavy (non-hydrogen) atoms. The number of aromatic nitrogens is 5. The van der Waals surface area contributed by atoms with Crippen molar-refractivity contribution in [2.45, 2.75) is 50.1 Å². The minimum atomic E-state index is -0.0371. The molecule has 1 aliphatic rings. The zero-order valence-electron chi connectivity index (χ0n) is 18.0. The summed E-state index contributed by atoms with van der Waals surface area (Å²) in [5.74, 6) is 2.75. The van der Waals surface area contributed by atoms with Gasteiger partial charge in [0.2, 0.25) is 5.16 Å². The molecule has 1 aromatic carbocycles. The standard InChI is InChI=1S/C23H25N5O3S/c1-2-3-4-9-27-10-8-18-17(21(27)29)14-24-22-25-23(26-28(18)22)32-15-16-6-7-19-20(13-16)31-12-5-11-30-19/h6-8,10,13-14H,2-5,9,11-12,15H2,1H3. The number of fused-ring (bicyclic) bond motifs is 4. The first kappa shape index (κ1) is 20.8. The first-order valence-electron chi connectivity index (χ1n) is 11.0. The lowest BCUT2D eigenvalue weighted by molar-refractivity contribution is 0.297. The van der Waals surface area contributed by atoms with Gasteiger partial charge in [-0.1, -0.05) is 37.6 Å². The van der Waals surface area contributed by atoms with E-state index >= 15 is 0 Å². The maximum atomic E-state index is 12.9. The highest BCUT2D eigenvalue weighted by Gasteiger charge is 2.14. The lowest BCUT2D eigenvalue weighted by atomic mass is 10.2. The Balaban J connectivity index is 1.37. The van der Waals surface area contributed by atoms with Crippen LogP contribution in [0.5, 0.6) is 11.5 Å². The van der Waals surface area contributed by atoms with Crippen LogP contribution in [0.4, 0.5) is 0 Å². The predicted molar refractivity (Wildman–Crippen MR) is 124 cm³/mol. The second-order valence-corrected chi connectivity index (χ2v) is 8.75. The summed E-state index contributed by atoms with van der Waals surface area (Å²) in [7, 11) is 0. The summed E-state index contributed by atoms with van der Waals surface area (Å²) < 4.78 is 14.9. The number of hydrogen-bond acceptors (Lipinski definition) is 7. The molecule has 0 radical (unpaired) electrons. The highest BCUT2D eigenvalue weighted by Crippen LogP contribution is 2.32. The third kappa shape index (κ3) is 4.17. The van der Waals surface area contributed by atoms with E-state index in [0.717, 1.165) is 48.3 Å². The highest BCUT2D eigenvalue weighted by atomic mass is 32.2. The van der Waals surface area contributed by atoms with Crippen LogP contribution < -0.4 is 15.0 Å². The fourth-order valence-corrected chi connectivity index (χ4v) is 4.52. The molecular weight excluding hydrogens is 426 g/mol. The van der Waals surface area contributed by atoms with Crippen LogP contribution in [0, 0.1) is 0 Å². The van der Waals surface area contributed by atoms with Crippen molar-refractivity contribution < 1.29 is 9.47 Å². The molecule has 8 nitrogen and oxygen atoms in total. The van der Waals surface area contributed by atoms with E-state index in [-0.39, 0.29) is 5.56 Å². The molecule has 166 valence electrons. The van der Waals surface area contributed by atoms with Gasteiger partial charge in [0.25, 0.3) is 11.3 Å². The molecule has 3 aromatic heterocycles. The molecule has 0 N–H and O–H groups in total. The highest BCUT2D eigenvalue weighted by molar-refractivity contribution is 7.98. The average molecular weight is 452 g/mol. The van der Waals surface area contributed by atoms with Crippen LogP contribution in [-0.4, -0.2) is 37.4 Å². The van der Waals surface area contributed by atoms with Gasteiger partial charge in [-0.3, -0.25) is 4.79 Å². The van der Waals surface area contributed by atoms with E-state index in [1.807, 2.05) is 30.5 Å². The zero-order valence-corrected chi connectivity index (χ0v) is 18.8. The summed E-state index contributed by atoms with van der Waals surface area (Å²) in [5, 5.41) is 5.78. The van der Waals surface area contributed by atoms with Gasteiger partial charge in [0.1, 0.15) is 0 Å². The van der Waals surface area contributed by atoms with Gasteiger partial charge in [0, 0.05) is 31.1 Å². The van der Waals surface area contributed by atoms with Gasteiger partial charge < -0.3 is 14.0 Å². The van der Waals surface area contributed by atoms with Gasteiger partial charge in [-0.15, -0.1) is 5.10 Å². The lowest BCUT2D eigenvalue weighted by Gasteiger charge is -2.08. The Hall–Kier alpha value is -3.07. The molecule has 0 unspecified atom stereocenters. The Kier molecular flexibility index (Phi) is 5.98. The maximum Gasteiger partial charge on any atom is 0.261 e. The smallest absolute Gasteiger partial charge is 0.261 e. The third-order valence-corrected chi connectivity index (χ3v) is 6.38. The Morgan fingerprint density at radius 1 is 1.12 bits per heavy atom. The van der Waals surface area contributed by atoms with Crippen molar-refractivity contribution in [2.24, 2.45) is 0 Å². The van der Waals surface area contributed by atoms with Crippen molar-refractivity contribution in [2.75, 3.05) is 13.2 Å². The van der Waals surface area contributed by atoms with Gasteiger partial charge in [0.15, 0.2) is 11.5 Å². The number of hydrogen-bond donors (Lipinski definition) is 0. The Morgan fingerprint density at radius 3 is 2.88 bits per heavy atom. The first-order valence-corrected chi connectivity index (χ1v) is 12.0. The molecule has 0 spiro atoms. The molecule has 4 heterocycles. The number of pyridine rings is 1. The molecule has 0 bridgehead atoms. The van der Waals surface area contributed by atoms with Crippen molar-refractivity contribution in [3.8, 4) is 11.5 Å². The first-order chi connectivity index (χ1) is 15.7. The quantitative estimate of drug-likeness (QED) is 0.309. The largest absolute Gasteiger partial charge is 0.490 e. The molecular formula is C23H25N5O3S. The summed E-state index contributed by atoms with van der Waals surface area (Å²) in [4.78, 5) is 21.8. The minimum absolute atomic E-state index is 0.0371. The normalized spacial score (nSPS) is 13.5. The molecule has 0 saturated heterocycles. The summed E-state index contributed by atoms with van der Waals surface area (Å²) in [6.07, 6.45) is 7.55. The van der Waals surface area contributed by atoms with Crippen molar-refractivity contribution in [3.05, 3.63) is 52.6 Å². The van der Waals surface area contributed by atoms with Gasteiger partial charge in [-0.2, -0.15) is 9.50 Å². The summed E-state index contributed by atoms with van der Waals surface area (Å²) in [5.41, 5.74) is 1.79. The number of unbranched alkanes of at least 4 members (excludes halogenated alkanes) is 2. The van der Waals surface area contributed by atoms with E-state index in [0.29, 0.717) is 41.8 Å². The monoisotopic (exact) mass is 451 g/mol. The number of nitrogens with zero attached hydrogens (tertiary/aromatic N) is 5. The molecule has 9 heteroatoms. The third-order valence-electron chi connectivity index (χ3n) is 5.47. The SMILES string of the molecule is CCCCCn1ccc2c(cnc3nc(SCc4ccc5c(c4)OCCCO5)nn32)c1=O. The van der Waals surface area contributed by atoms with Crippen LogP contribution in [0.1, 0.15) is 38.2 Å². The summed E-state index contributed by atoms with van der Waals surface area (Å²) >= 11 is 1.52. The molecule has 1 aliphatic heterocycles. The fourth-order valence-electron chi connectivity index (χ4n) is 3.76. The van der Waals surface area contributed by atoms with Crippen LogP contribution in [0.2, 0.25) is 0 Å². The van der Waals surface area contributed by atoms with Gasteiger partial charge >= 0.3 is 0 Å². The number of thioether (sulfide) groups is 1. The van der Waals surface area contributed by atoms with Crippen molar-refractivity contribution in [1.29, 1.82) is 0 Å². The molecule has 0 fully saturated rings. The number of aryl methyl sites for hydroxylation is 1. The van der Waals surface area contributed by atoms with Gasteiger partial charge in [-0.25, -0.2) is 4.98 Å². The van der Waals surface area contributed by atoms with Crippen LogP contribution in [0.3, 0.4) is 0 Å². The molecule has 0 aliphatic carbocycles. The van der Waals surface area contributed by atoms with Gasteiger partial charge in [0.05, 0.1) is 24.1 Å². The Labute approximate surface area is 189 Å². The summed E-state index contributed by atoms with van der Waals surface area (Å²) in [6, 6.07) is 7.92. The van der Waals surface area contributed by atoms with E-state index in [4.69, 9.17) is 9.47 Å². The van der Waals surface area contributed by atoms with Crippen molar-refractivity contribution in [3.63, 3.8) is 0 Å². The Morgan fingerprint density at radius 2 is 2.00 bits per heavy atom. The second kappa shape index (κ2) is 9.20. The van der Waals surface area contributed by atoms with E-state index in [1.54, 1.807) is 15.3 Å². The van der Waals surface area contributed by atoms with Crippen LogP contribution in [0.15, 0.2) is 46.6 Å². The predicted octanol–water partition coefficient (Wildman–Crippen LogP) is 4.08. The second-order valence-electron chi connectivity index (χ2n) is 7.80. The Bertz CT molecular complexity index is 1320. The molecule has 4 aromatic rings. The zero-order chi connectivity index (χ0) is 21.9. The molecule has 0 saturated carbocycles. The molecule has 0 atom stereocenters. The molecule has 5 rings (SSSR count). The van der Waals surface area contributed by atoms with Crippen LogP contribution in [0.25, 0.3) is 16.7 Å². The van der Waals surface area contributed by atoms with Crippen LogP contribution >= 0.6 is 11.8 Å². The van der Waals surface area contributed by atoms with Gasteiger partial charge in [-0.05, 0) is 30.2 Å². The van der Waals surface area contributed by atoms with Crippen molar-refractivity contribution >= 4 is 28.4 Å². The van der Waals surface area contributed by atoms with Crippen molar-refractivity contribution in [1.82, 2.24) is 24.1 Å². The number of rotatable bonds is 7. The topological polar surface area (TPSA) is 83.5 Å². The average Bonchev–Trinajstić information content (AvgIpc) is 3.09. The lowest BCUT2D eigenvalue weighted by Crippen LogP contribution is -2.20. The maximum absolute atomic E-state index is 12.9. The number of ether oxygens (including phenoxy) is 2. The van der Waals surface area contributed by atoms with E-state index in [1.165, 1.54) is 11.8 Å². The minimum Gasteiger partial charge on any atom is -0.490 e. The van der Waals surface area contributed by atoms with Crippen LogP contribution in [-0.2, 0) is 12.3 Å². The summed E-state index contributed by atoms with van der Waals surface area (Å²) in [6.45, 7) is 4.21.